The van der Waals surface area contributed by atoms with Crippen molar-refractivity contribution in [3.63, 3.8) is 0 Å². The molecule has 0 spiro atoms. The maximum atomic E-state index is 10.5. The van der Waals surface area contributed by atoms with Crippen molar-refractivity contribution in [3.8, 4) is 16.2 Å². The van der Waals surface area contributed by atoms with Crippen molar-refractivity contribution in [3.05, 3.63) is 35.0 Å². The minimum atomic E-state index is 0.440. The number of hydrogen-bond acceptors (Lipinski definition) is 5. The zero-order valence-corrected chi connectivity index (χ0v) is 13.6. The van der Waals surface area contributed by atoms with Crippen molar-refractivity contribution in [1.29, 1.82) is 0 Å². The third-order valence-corrected chi connectivity index (χ3v) is 4.12. The molecule has 0 unspecified atom stereocenters. The monoisotopic (exact) mass is 320 g/mol. The van der Waals surface area contributed by atoms with Crippen LogP contribution >= 0.6 is 11.3 Å². The second-order valence-electron chi connectivity index (χ2n) is 4.63. The van der Waals surface area contributed by atoms with Crippen LogP contribution in [0.2, 0.25) is 0 Å². The number of benzene rings is 1. The molecule has 5 nitrogen and oxygen atoms in total. The average molecular weight is 320 g/mol. The Bertz CT molecular complexity index is 613. The summed E-state index contributed by atoms with van der Waals surface area (Å²) in [7, 11) is 0. The Morgan fingerprint density at radius 1 is 1.36 bits per heavy atom. The van der Waals surface area contributed by atoms with Gasteiger partial charge in [-0.25, -0.2) is 4.98 Å². The predicted octanol–water partition coefficient (Wildman–Crippen LogP) is 2.78. The van der Waals surface area contributed by atoms with Gasteiger partial charge in [0.05, 0.1) is 22.7 Å². The Morgan fingerprint density at radius 3 is 2.91 bits per heavy atom. The third-order valence-electron chi connectivity index (χ3n) is 3.14. The molecular weight excluding hydrogens is 300 g/mol. The fraction of sp³-hybridized carbons (Fsp3) is 0.375. The van der Waals surface area contributed by atoms with E-state index >= 15 is 0 Å². The molecule has 1 aromatic heterocycles. The Balaban J connectivity index is 2.20. The molecule has 2 rings (SSSR count). The molecule has 0 bridgehead atoms. The van der Waals surface area contributed by atoms with Gasteiger partial charge >= 0.3 is 0 Å². The maximum Gasteiger partial charge on any atom is 0.207 e. The summed E-state index contributed by atoms with van der Waals surface area (Å²) >= 11 is 1.60. The van der Waals surface area contributed by atoms with Gasteiger partial charge in [-0.2, -0.15) is 0 Å². The van der Waals surface area contributed by atoms with E-state index in [0.29, 0.717) is 32.8 Å². The summed E-state index contributed by atoms with van der Waals surface area (Å²) in [5, 5.41) is 2.67. The largest absolute Gasteiger partial charge is 0.491 e. The van der Waals surface area contributed by atoms with Crippen LogP contribution in [-0.4, -0.2) is 31.2 Å². The summed E-state index contributed by atoms with van der Waals surface area (Å²) in [6, 6.07) is 5.99. The maximum absolute atomic E-state index is 10.5. The first-order valence-electron chi connectivity index (χ1n) is 7.17. The Hall–Kier alpha value is -1.92. The number of amides is 1. The molecule has 0 saturated heterocycles. The van der Waals surface area contributed by atoms with Crippen LogP contribution in [0.3, 0.4) is 0 Å². The molecule has 6 heteroatoms. The lowest BCUT2D eigenvalue weighted by Gasteiger charge is -2.13. The second-order valence-corrected chi connectivity index (χ2v) is 5.49. The molecule has 1 N–H and O–H groups in total. The Kier molecular flexibility index (Phi) is 6.36. The van der Waals surface area contributed by atoms with Crippen LogP contribution in [0.4, 0.5) is 0 Å². The molecule has 118 valence electrons. The summed E-state index contributed by atoms with van der Waals surface area (Å²) in [5.41, 5.74) is 4.85. The van der Waals surface area contributed by atoms with Gasteiger partial charge in [0.25, 0.3) is 0 Å². The van der Waals surface area contributed by atoms with Crippen LogP contribution in [-0.2, 0) is 16.1 Å². The Morgan fingerprint density at radius 2 is 2.23 bits per heavy atom. The summed E-state index contributed by atoms with van der Waals surface area (Å²) in [6.45, 7) is 6.07. The third kappa shape index (κ3) is 4.29. The number of nitrogens with one attached hydrogen (secondary N) is 1. The van der Waals surface area contributed by atoms with Gasteiger partial charge in [-0.15, -0.1) is 11.3 Å². The Labute approximate surface area is 134 Å². The number of carbonyl (C=O) groups excluding carboxylic acids is 1. The molecule has 0 aliphatic carbocycles. The van der Waals surface area contributed by atoms with E-state index in [1.54, 1.807) is 11.3 Å². The number of rotatable bonds is 9. The minimum absolute atomic E-state index is 0.440. The summed E-state index contributed by atoms with van der Waals surface area (Å²) < 4.78 is 11.1. The minimum Gasteiger partial charge on any atom is -0.491 e. The lowest BCUT2D eigenvalue weighted by molar-refractivity contribution is -0.109. The number of aryl methyl sites for hydroxylation is 1. The summed E-state index contributed by atoms with van der Waals surface area (Å²) in [4.78, 5) is 15.9. The molecule has 0 radical (unpaired) electrons. The normalized spacial score (nSPS) is 10.5. The lowest BCUT2D eigenvalue weighted by Crippen LogP contribution is -2.13. The van der Waals surface area contributed by atoms with Gasteiger partial charge in [0, 0.05) is 18.7 Å². The number of carbonyl (C=O) groups is 1. The van der Waals surface area contributed by atoms with Crippen molar-refractivity contribution >= 4 is 17.7 Å². The smallest absolute Gasteiger partial charge is 0.207 e. The van der Waals surface area contributed by atoms with E-state index in [2.05, 4.69) is 10.3 Å². The molecule has 0 fully saturated rings. The first kappa shape index (κ1) is 16.5. The second kappa shape index (κ2) is 8.51. The van der Waals surface area contributed by atoms with Crippen molar-refractivity contribution in [1.82, 2.24) is 10.3 Å². The molecule has 0 atom stereocenters. The molecule has 0 aliphatic rings. The fourth-order valence-electron chi connectivity index (χ4n) is 2.06. The number of ether oxygens (including phenoxy) is 2. The molecule has 2 aromatic rings. The van der Waals surface area contributed by atoms with Gasteiger partial charge in [0.15, 0.2) is 0 Å². The van der Waals surface area contributed by atoms with Crippen molar-refractivity contribution in [2.75, 3.05) is 19.8 Å². The van der Waals surface area contributed by atoms with E-state index in [4.69, 9.17) is 9.47 Å². The summed E-state index contributed by atoms with van der Waals surface area (Å²) in [5.74, 6) is 0.763. The molecule has 1 amide bonds. The fourth-order valence-corrected chi connectivity index (χ4v) is 2.86. The van der Waals surface area contributed by atoms with Gasteiger partial charge in [0.1, 0.15) is 12.4 Å². The molecule has 1 heterocycles. The van der Waals surface area contributed by atoms with Gasteiger partial charge in [-0.3, -0.25) is 4.79 Å². The van der Waals surface area contributed by atoms with Crippen LogP contribution in [0.1, 0.15) is 18.2 Å². The van der Waals surface area contributed by atoms with E-state index in [9.17, 15) is 4.79 Å². The van der Waals surface area contributed by atoms with Gasteiger partial charge in [0.2, 0.25) is 6.41 Å². The van der Waals surface area contributed by atoms with E-state index < -0.39 is 0 Å². The van der Waals surface area contributed by atoms with Crippen LogP contribution in [0.5, 0.6) is 5.75 Å². The quantitative estimate of drug-likeness (QED) is 0.570. The van der Waals surface area contributed by atoms with Gasteiger partial charge in [-0.05, 0) is 25.5 Å². The highest BCUT2D eigenvalue weighted by Crippen LogP contribution is 2.31. The highest BCUT2D eigenvalue weighted by atomic mass is 32.1. The standard InChI is InChI=1S/C16H20N2O3S/c1-3-20-6-7-21-15-8-13(16-12(2)18-11-22-16)4-5-14(15)9-17-10-19/h4-5,8,10-11H,3,6-7,9H2,1-2H3,(H,17,19). The highest BCUT2D eigenvalue weighted by Gasteiger charge is 2.10. The van der Waals surface area contributed by atoms with Crippen LogP contribution in [0.25, 0.3) is 10.4 Å². The van der Waals surface area contributed by atoms with E-state index in [-0.39, 0.29) is 0 Å². The SMILES string of the molecule is CCOCCOc1cc(-c2scnc2C)ccc1CNC=O. The van der Waals surface area contributed by atoms with Crippen LogP contribution in [0.15, 0.2) is 23.7 Å². The first-order chi connectivity index (χ1) is 10.8. The van der Waals surface area contributed by atoms with E-state index in [0.717, 1.165) is 27.4 Å². The number of thiazole rings is 1. The predicted molar refractivity (Wildman–Crippen MR) is 87.2 cm³/mol. The zero-order valence-electron chi connectivity index (χ0n) is 12.8. The van der Waals surface area contributed by atoms with Crippen LogP contribution in [0, 0.1) is 6.92 Å². The molecular formula is C16H20N2O3S. The van der Waals surface area contributed by atoms with Gasteiger partial charge in [-0.1, -0.05) is 12.1 Å². The molecule has 22 heavy (non-hydrogen) atoms. The van der Waals surface area contributed by atoms with Crippen molar-refractivity contribution < 1.29 is 14.3 Å². The van der Waals surface area contributed by atoms with E-state index in [1.807, 2.05) is 37.6 Å². The summed E-state index contributed by atoms with van der Waals surface area (Å²) in [6.07, 6.45) is 0.686. The van der Waals surface area contributed by atoms with Crippen LogP contribution < -0.4 is 10.1 Å². The van der Waals surface area contributed by atoms with Gasteiger partial charge < -0.3 is 14.8 Å². The number of hydrogen-bond donors (Lipinski definition) is 1. The van der Waals surface area contributed by atoms with E-state index in [1.165, 1.54) is 0 Å². The molecule has 1 aromatic carbocycles. The lowest BCUT2D eigenvalue weighted by atomic mass is 10.1. The van der Waals surface area contributed by atoms with Crippen molar-refractivity contribution in [2.24, 2.45) is 0 Å². The topological polar surface area (TPSA) is 60.5 Å². The van der Waals surface area contributed by atoms with Crippen molar-refractivity contribution in [2.45, 2.75) is 20.4 Å². The molecule has 0 saturated carbocycles. The highest BCUT2D eigenvalue weighted by molar-refractivity contribution is 7.13. The number of aromatic nitrogens is 1. The first-order valence-corrected chi connectivity index (χ1v) is 8.05. The zero-order chi connectivity index (χ0) is 15.8. The number of nitrogens with zero attached hydrogens (tertiary/aromatic N) is 1. The molecule has 0 aliphatic heterocycles. The average Bonchev–Trinajstić information content (AvgIpc) is 2.96.